The number of rotatable bonds is 4. The molecule has 60 valence electrons. The molecule has 2 heteroatoms. The number of hydrogen-bond donors (Lipinski definition) is 1. The van der Waals surface area contributed by atoms with Crippen LogP contribution in [0.3, 0.4) is 0 Å². The molecule has 0 spiro atoms. The van der Waals surface area contributed by atoms with Gasteiger partial charge in [-0.3, -0.25) is 0 Å². The minimum atomic E-state index is -0.0916. The molecule has 0 aromatic heterocycles. The molecule has 0 rings (SSSR count). The Labute approximate surface area is 62.2 Å². The lowest BCUT2D eigenvalue weighted by atomic mass is 9.88. The van der Waals surface area contributed by atoms with Crippen molar-refractivity contribution in [2.75, 3.05) is 6.61 Å². The first-order chi connectivity index (χ1) is 4.48. The van der Waals surface area contributed by atoms with Crippen LogP contribution in [0.15, 0.2) is 0 Å². The van der Waals surface area contributed by atoms with Crippen molar-refractivity contribution in [3.63, 3.8) is 0 Å². The molecule has 0 radical (unpaired) electrons. The average Bonchev–Trinajstić information content (AvgIpc) is 1.85. The maximum atomic E-state index is 10.5. The van der Waals surface area contributed by atoms with Gasteiger partial charge in [0, 0.05) is 13.0 Å². The van der Waals surface area contributed by atoms with Crippen molar-refractivity contribution < 1.29 is 9.90 Å². The second-order valence-electron chi connectivity index (χ2n) is 3.52. The van der Waals surface area contributed by atoms with Crippen LogP contribution < -0.4 is 0 Å². The van der Waals surface area contributed by atoms with E-state index in [-0.39, 0.29) is 17.8 Å². The number of carbonyl (C=O) groups is 1. The summed E-state index contributed by atoms with van der Waals surface area (Å²) in [4.78, 5) is 10.5. The van der Waals surface area contributed by atoms with Crippen LogP contribution in [-0.2, 0) is 4.79 Å². The predicted octanol–water partition coefficient (Wildman–Crippen LogP) is 1.37. The number of ketones is 1. The van der Waals surface area contributed by atoms with Crippen molar-refractivity contribution in [3.8, 4) is 0 Å². The first-order valence-corrected chi connectivity index (χ1v) is 3.58. The SMILES string of the molecule is CC(=O)CCC(C)(C)CO. The minimum Gasteiger partial charge on any atom is -0.396 e. The summed E-state index contributed by atoms with van der Waals surface area (Å²) in [6.45, 7) is 5.64. The van der Waals surface area contributed by atoms with Gasteiger partial charge in [-0.25, -0.2) is 0 Å². The number of aliphatic hydroxyl groups is 1. The molecule has 0 saturated carbocycles. The lowest BCUT2D eigenvalue weighted by Gasteiger charge is -2.19. The van der Waals surface area contributed by atoms with Gasteiger partial charge < -0.3 is 9.90 Å². The number of aliphatic hydroxyl groups excluding tert-OH is 1. The van der Waals surface area contributed by atoms with Gasteiger partial charge in [-0.05, 0) is 18.8 Å². The maximum absolute atomic E-state index is 10.5. The van der Waals surface area contributed by atoms with E-state index in [1.54, 1.807) is 6.92 Å². The molecule has 0 aliphatic rings. The van der Waals surface area contributed by atoms with Crippen LogP contribution in [-0.4, -0.2) is 17.5 Å². The largest absolute Gasteiger partial charge is 0.396 e. The summed E-state index contributed by atoms with van der Waals surface area (Å²) in [6, 6.07) is 0. The molecule has 0 bridgehead atoms. The smallest absolute Gasteiger partial charge is 0.129 e. The second-order valence-corrected chi connectivity index (χ2v) is 3.52. The van der Waals surface area contributed by atoms with Crippen molar-refractivity contribution >= 4 is 5.78 Å². The Balaban J connectivity index is 3.56. The van der Waals surface area contributed by atoms with Crippen molar-refractivity contribution in [2.24, 2.45) is 5.41 Å². The molecule has 0 aliphatic heterocycles. The first kappa shape index (κ1) is 9.63. The normalized spacial score (nSPS) is 11.6. The van der Waals surface area contributed by atoms with Gasteiger partial charge >= 0.3 is 0 Å². The highest BCUT2D eigenvalue weighted by atomic mass is 16.3. The van der Waals surface area contributed by atoms with Gasteiger partial charge in [0.25, 0.3) is 0 Å². The van der Waals surface area contributed by atoms with Gasteiger partial charge in [-0.2, -0.15) is 0 Å². The van der Waals surface area contributed by atoms with Crippen molar-refractivity contribution in [3.05, 3.63) is 0 Å². The van der Waals surface area contributed by atoms with Crippen molar-refractivity contribution in [1.29, 1.82) is 0 Å². The Morgan fingerprint density at radius 1 is 1.50 bits per heavy atom. The molecule has 0 atom stereocenters. The number of hydrogen-bond acceptors (Lipinski definition) is 2. The monoisotopic (exact) mass is 144 g/mol. The van der Waals surface area contributed by atoms with Crippen molar-refractivity contribution in [2.45, 2.75) is 33.6 Å². The molecule has 0 aliphatic carbocycles. The third-order valence-corrected chi connectivity index (χ3v) is 1.58. The van der Waals surface area contributed by atoms with Crippen LogP contribution in [0.25, 0.3) is 0 Å². The Hall–Kier alpha value is -0.370. The van der Waals surface area contributed by atoms with E-state index < -0.39 is 0 Å². The molecule has 0 aromatic carbocycles. The van der Waals surface area contributed by atoms with E-state index in [1.165, 1.54) is 0 Å². The Kier molecular flexibility index (Phi) is 3.58. The van der Waals surface area contributed by atoms with Crippen LogP contribution >= 0.6 is 0 Å². The minimum absolute atomic E-state index is 0.0916. The van der Waals surface area contributed by atoms with Crippen LogP contribution in [0.2, 0.25) is 0 Å². The lowest BCUT2D eigenvalue weighted by Crippen LogP contribution is -2.17. The fourth-order valence-electron chi connectivity index (χ4n) is 0.593. The van der Waals surface area contributed by atoms with E-state index in [0.717, 1.165) is 6.42 Å². The predicted molar refractivity (Wildman–Crippen MR) is 40.8 cm³/mol. The van der Waals surface area contributed by atoms with Crippen molar-refractivity contribution in [1.82, 2.24) is 0 Å². The second kappa shape index (κ2) is 3.71. The van der Waals surface area contributed by atoms with E-state index in [0.29, 0.717) is 6.42 Å². The Morgan fingerprint density at radius 3 is 2.30 bits per heavy atom. The quantitative estimate of drug-likeness (QED) is 0.647. The highest BCUT2D eigenvalue weighted by Gasteiger charge is 2.16. The molecule has 0 amide bonds. The van der Waals surface area contributed by atoms with Gasteiger partial charge in [-0.1, -0.05) is 13.8 Å². The summed E-state index contributed by atoms with van der Waals surface area (Å²) in [7, 11) is 0. The number of Topliss-reactive ketones (excluding diaryl/α,β-unsaturated/α-hetero) is 1. The third kappa shape index (κ3) is 4.50. The van der Waals surface area contributed by atoms with E-state index in [4.69, 9.17) is 5.11 Å². The zero-order valence-electron chi connectivity index (χ0n) is 6.98. The average molecular weight is 144 g/mol. The van der Waals surface area contributed by atoms with E-state index >= 15 is 0 Å². The zero-order chi connectivity index (χ0) is 8.20. The molecular formula is C8H16O2. The van der Waals surface area contributed by atoms with Crippen LogP contribution in [0.5, 0.6) is 0 Å². The summed E-state index contributed by atoms with van der Waals surface area (Å²) in [5.41, 5.74) is -0.0916. The molecule has 0 saturated heterocycles. The van der Waals surface area contributed by atoms with Gasteiger partial charge in [0.1, 0.15) is 5.78 Å². The lowest BCUT2D eigenvalue weighted by molar-refractivity contribution is -0.117. The molecule has 0 aromatic rings. The summed E-state index contributed by atoms with van der Waals surface area (Å²) < 4.78 is 0. The molecular weight excluding hydrogens is 128 g/mol. The highest BCUT2D eigenvalue weighted by molar-refractivity contribution is 5.75. The summed E-state index contributed by atoms with van der Waals surface area (Å²) >= 11 is 0. The standard InChI is InChI=1S/C8H16O2/c1-7(10)4-5-8(2,3)6-9/h9H,4-6H2,1-3H3. The van der Waals surface area contributed by atoms with E-state index in [2.05, 4.69) is 0 Å². The number of carbonyl (C=O) groups excluding carboxylic acids is 1. The molecule has 10 heavy (non-hydrogen) atoms. The summed E-state index contributed by atoms with van der Waals surface area (Å²) in [5.74, 6) is 0.196. The Morgan fingerprint density at radius 2 is 2.00 bits per heavy atom. The van der Waals surface area contributed by atoms with Gasteiger partial charge in [0.15, 0.2) is 0 Å². The van der Waals surface area contributed by atoms with Gasteiger partial charge in [0.2, 0.25) is 0 Å². The molecule has 1 N–H and O–H groups in total. The Bertz CT molecular complexity index is 116. The van der Waals surface area contributed by atoms with E-state index in [1.807, 2.05) is 13.8 Å². The molecule has 0 fully saturated rings. The van der Waals surface area contributed by atoms with Crippen LogP contribution in [0.4, 0.5) is 0 Å². The van der Waals surface area contributed by atoms with Crippen LogP contribution in [0, 0.1) is 5.41 Å². The fourth-order valence-corrected chi connectivity index (χ4v) is 0.593. The van der Waals surface area contributed by atoms with E-state index in [9.17, 15) is 4.79 Å². The topological polar surface area (TPSA) is 37.3 Å². The summed E-state index contributed by atoms with van der Waals surface area (Å²) in [5, 5.41) is 8.80. The first-order valence-electron chi connectivity index (χ1n) is 3.58. The molecule has 0 heterocycles. The third-order valence-electron chi connectivity index (χ3n) is 1.58. The highest BCUT2D eigenvalue weighted by Crippen LogP contribution is 2.20. The van der Waals surface area contributed by atoms with Gasteiger partial charge in [-0.15, -0.1) is 0 Å². The zero-order valence-corrected chi connectivity index (χ0v) is 6.98. The van der Waals surface area contributed by atoms with Gasteiger partial charge in [0.05, 0.1) is 0 Å². The molecule has 0 unspecified atom stereocenters. The fraction of sp³-hybridized carbons (Fsp3) is 0.875. The summed E-state index contributed by atoms with van der Waals surface area (Å²) in [6.07, 6.45) is 1.35. The molecule has 2 nitrogen and oxygen atoms in total. The maximum Gasteiger partial charge on any atom is 0.129 e. The van der Waals surface area contributed by atoms with Crippen LogP contribution in [0.1, 0.15) is 33.6 Å².